The molecule has 0 bridgehead atoms. The van der Waals surface area contributed by atoms with Crippen molar-refractivity contribution in [1.82, 2.24) is 10.6 Å². The fourth-order valence-electron chi connectivity index (χ4n) is 1.10. The molecule has 0 aliphatic heterocycles. The van der Waals surface area contributed by atoms with Crippen molar-refractivity contribution in [2.75, 3.05) is 13.1 Å². The normalized spacial score (nSPS) is 9.69. The first-order valence-electron chi connectivity index (χ1n) is 5.26. The van der Waals surface area contributed by atoms with Crippen molar-refractivity contribution in [2.24, 2.45) is 0 Å². The summed E-state index contributed by atoms with van der Waals surface area (Å²) in [4.78, 5) is 10.9. The average Bonchev–Trinajstić information content (AvgIpc) is 2.11. The Kier molecular flexibility index (Phi) is 8.83. The van der Waals surface area contributed by atoms with Gasteiger partial charge in [-0.1, -0.05) is 32.6 Å². The molecule has 0 saturated heterocycles. The van der Waals surface area contributed by atoms with E-state index in [1.165, 1.54) is 25.7 Å². The number of rotatable bonds is 7. The highest BCUT2D eigenvalue weighted by molar-refractivity contribution is 5.73. The highest BCUT2D eigenvalue weighted by atomic mass is 16.2. The van der Waals surface area contributed by atoms with Crippen molar-refractivity contribution in [3.8, 4) is 0 Å². The minimum absolute atomic E-state index is 0.169. The van der Waals surface area contributed by atoms with Crippen LogP contribution in [0.25, 0.3) is 0 Å². The molecule has 1 radical (unpaired) electrons. The first-order valence-corrected chi connectivity index (χ1v) is 5.26. The second-order valence-corrected chi connectivity index (χ2v) is 3.13. The molecule has 1 N–H and O–H groups in total. The van der Waals surface area contributed by atoms with Gasteiger partial charge in [-0.2, -0.15) is 0 Å². The van der Waals surface area contributed by atoms with Crippen LogP contribution in [0.3, 0.4) is 0 Å². The van der Waals surface area contributed by atoms with Crippen molar-refractivity contribution < 1.29 is 4.79 Å². The molecule has 0 fully saturated rings. The molecule has 0 unspecified atom stereocenters. The molecule has 0 aliphatic carbocycles. The van der Waals surface area contributed by atoms with Gasteiger partial charge in [0.1, 0.15) is 0 Å². The summed E-state index contributed by atoms with van der Waals surface area (Å²) < 4.78 is 0. The Morgan fingerprint density at radius 1 is 1.15 bits per heavy atom. The number of hydrogen-bond donors (Lipinski definition) is 1. The molecule has 0 aromatic carbocycles. The van der Waals surface area contributed by atoms with Gasteiger partial charge < -0.3 is 5.32 Å². The number of amides is 2. The van der Waals surface area contributed by atoms with Gasteiger partial charge in [-0.15, -0.1) is 0 Å². The summed E-state index contributed by atoms with van der Waals surface area (Å²) in [5.74, 6) is 0. The molecule has 0 heterocycles. The molecule has 0 spiro atoms. The Labute approximate surface area is 81.3 Å². The topological polar surface area (TPSA) is 43.2 Å². The Morgan fingerprint density at radius 3 is 2.46 bits per heavy atom. The molecule has 13 heavy (non-hydrogen) atoms. The number of nitrogens with one attached hydrogen (secondary N) is 1. The van der Waals surface area contributed by atoms with E-state index in [4.69, 9.17) is 0 Å². The van der Waals surface area contributed by atoms with E-state index in [9.17, 15) is 4.79 Å². The number of carbonyl (C=O) groups excluding carboxylic acids is 1. The van der Waals surface area contributed by atoms with Crippen LogP contribution in [-0.4, -0.2) is 19.1 Å². The summed E-state index contributed by atoms with van der Waals surface area (Å²) in [5, 5.41) is 6.50. The number of urea groups is 1. The summed E-state index contributed by atoms with van der Waals surface area (Å²) in [6.07, 6.45) is 6.05. The van der Waals surface area contributed by atoms with Crippen molar-refractivity contribution >= 4 is 6.03 Å². The summed E-state index contributed by atoms with van der Waals surface area (Å²) in [6.45, 7) is 5.43. The van der Waals surface area contributed by atoms with Crippen molar-refractivity contribution in [3.05, 3.63) is 0 Å². The maximum Gasteiger partial charge on any atom is 0.336 e. The third-order valence-corrected chi connectivity index (χ3v) is 1.85. The molecule has 0 rings (SSSR count). The number of nitrogens with zero attached hydrogens (tertiary/aromatic N) is 1. The van der Waals surface area contributed by atoms with Crippen LogP contribution in [0.2, 0.25) is 0 Å². The van der Waals surface area contributed by atoms with E-state index in [0.717, 1.165) is 6.42 Å². The SMILES string of the molecule is CCCCCCC[N]C(=O)NCC. The van der Waals surface area contributed by atoms with E-state index >= 15 is 0 Å². The fourth-order valence-corrected chi connectivity index (χ4v) is 1.10. The van der Waals surface area contributed by atoms with E-state index in [1.54, 1.807) is 0 Å². The molecule has 3 nitrogen and oxygen atoms in total. The van der Waals surface area contributed by atoms with Crippen LogP contribution in [0.5, 0.6) is 0 Å². The Bertz CT molecular complexity index is 126. The summed E-state index contributed by atoms with van der Waals surface area (Å²) in [6, 6.07) is -0.169. The molecule has 0 aliphatic rings. The lowest BCUT2D eigenvalue weighted by Crippen LogP contribution is -2.30. The van der Waals surface area contributed by atoms with E-state index in [-0.39, 0.29) is 6.03 Å². The van der Waals surface area contributed by atoms with Gasteiger partial charge in [0, 0.05) is 13.1 Å². The van der Waals surface area contributed by atoms with Crippen molar-refractivity contribution in [3.63, 3.8) is 0 Å². The number of hydrogen-bond acceptors (Lipinski definition) is 1. The van der Waals surface area contributed by atoms with Gasteiger partial charge in [0.05, 0.1) is 0 Å². The molecule has 0 aromatic rings. The molecular formula is C10H21N2O. The predicted molar refractivity (Wildman–Crippen MR) is 54.8 cm³/mol. The van der Waals surface area contributed by atoms with Gasteiger partial charge in [-0.25, -0.2) is 10.1 Å². The zero-order valence-corrected chi connectivity index (χ0v) is 8.81. The van der Waals surface area contributed by atoms with Crippen LogP contribution in [0.1, 0.15) is 46.0 Å². The quantitative estimate of drug-likeness (QED) is 0.608. The van der Waals surface area contributed by atoms with Crippen LogP contribution in [0.4, 0.5) is 4.79 Å². The van der Waals surface area contributed by atoms with Crippen LogP contribution >= 0.6 is 0 Å². The van der Waals surface area contributed by atoms with Crippen LogP contribution in [0.15, 0.2) is 0 Å². The molecule has 2 amide bonds. The van der Waals surface area contributed by atoms with Crippen LogP contribution in [-0.2, 0) is 0 Å². The maximum absolute atomic E-state index is 10.9. The van der Waals surface area contributed by atoms with Gasteiger partial charge in [0.15, 0.2) is 0 Å². The minimum Gasteiger partial charge on any atom is -0.337 e. The smallest absolute Gasteiger partial charge is 0.336 e. The van der Waals surface area contributed by atoms with Gasteiger partial charge in [-0.3, -0.25) is 0 Å². The lowest BCUT2D eigenvalue weighted by Gasteiger charge is -2.02. The van der Waals surface area contributed by atoms with Crippen LogP contribution < -0.4 is 10.6 Å². The zero-order valence-electron chi connectivity index (χ0n) is 8.81. The number of carbonyl (C=O) groups is 1. The monoisotopic (exact) mass is 185 g/mol. The molecular weight excluding hydrogens is 164 g/mol. The van der Waals surface area contributed by atoms with Crippen LogP contribution in [0, 0.1) is 0 Å². The standard InChI is InChI=1S/C10H21N2O/c1-3-5-6-7-8-9-12-10(13)11-4-2/h3-9H2,1-2H3,(H,11,13). The summed E-state index contributed by atoms with van der Waals surface area (Å²) >= 11 is 0. The summed E-state index contributed by atoms with van der Waals surface area (Å²) in [5.41, 5.74) is 0. The van der Waals surface area contributed by atoms with Gasteiger partial charge in [-0.05, 0) is 13.3 Å². The summed E-state index contributed by atoms with van der Waals surface area (Å²) in [7, 11) is 0. The van der Waals surface area contributed by atoms with E-state index in [2.05, 4.69) is 17.6 Å². The van der Waals surface area contributed by atoms with Gasteiger partial charge in [0.25, 0.3) is 0 Å². The average molecular weight is 185 g/mol. The lowest BCUT2D eigenvalue weighted by atomic mass is 10.1. The van der Waals surface area contributed by atoms with Crippen molar-refractivity contribution in [1.29, 1.82) is 0 Å². The van der Waals surface area contributed by atoms with E-state index in [0.29, 0.717) is 13.1 Å². The highest BCUT2D eigenvalue weighted by Crippen LogP contribution is 2.01. The second-order valence-electron chi connectivity index (χ2n) is 3.13. The Balaban J connectivity index is 3.02. The maximum atomic E-state index is 10.9. The first-order chi connectivity index (χ1) is 6.31. The predicted octanol–water partition coefficient (Wildman–Crippen LogP) is 2.29. The third kappa shape index (κ3) is 9.18. The second kappa shape index (κ2) is 9.36. The molecule has 0 atom stereocenters. The number of unbranched alkanes of at least 4 members (excludes halogenated alkanes) is 4. The molecule has 3 heteroatoms. The Morgan fingerprint density at radius 2 is 1.85 bits per heavy atom. The first kappa shape index (κ1) is 12.3. The van der Waals surface area contributed by atoms with Crippen molar-refractivity contribution in [2.45, 2.75) is 46.0 Å². The third-order valence-electron chi connectivity index (χ3n) is 1.85. The van der Waals surface area contributed by atoms with Gasteiger partial charge in [0.2, 0.25) is 0 Å². The lowest BCUT2D eigenvalue weighted by molar-refractivity contribution is 0.240. The highest BCUT2D eigenvalue weighted by Gasteiger charge is 1.97. The molecule has 77 valence electrons. The Hall–Kier alpha value is -0.730. The molecule has 0 saturated carbocycles. The molecule has 0 aromatic heterocycles. The van der Waals surface area contributed by atoms with Gasteiger partial charge >= 0.3 is 6.03 Å². The van der Waals surface area contributed by atoms with E-state index < -0.39 is 0 Å². The minimum atomic E-state index is -0.169. The van der Waals surface area contributed by atoms with E-state index in [1.807, 2.05) is 6.92 Å². The zero-order chi connectivity index (χ0) is 9.94. The fraction of sp³-hybridized carbons (Fsp3) is 0.900. The largest absolute Gasteiger partial charge is 0.337 e.